The number of nitro groups is 1. The third-order valence-electron chi connectivity index (χ3n) is 2.22. The van der Waals surface area contributed by atoms with Crippen LogP contribution in [0.2, 0.25) is 0 Å². The lowest BCUT2D eigenvalue weighted by molar-refractivity contribution is -0.384. The van der Waals surface area contributed by atoms with E-state index in [1.807, 2.05) is 17.9 Å². The number of benzene rings is 1. The second-order valence-corrected chi connectivity index (χ2v) is 3.86. The summed E-state index contributed by atoms with van der Waals surface area (Å²) >= 11 is 1.52. The maximum Gasteiger partial charge on any atom is 0.271 e. The Morgan fingerprint density at radius 1 is 1.53 bits per heavy atom. The van der Waals surface area contributed by atoms with E-state index < -0.39 is 4.92 Å². The zero-order valence-corrected chi connectivity index (χ0v) is 9.11. The van der Waals surface area contributed by atoms with Crippen LogP contribution in [0.5, 0.6) is 0 Å². The lowest BCUT2D eigenvalue weighted by Gasteiger charge is -1.97. The SMILES string of the molecule is CSc1nc2ccc([N+](=O)[O-])cc2n1C. The van der Waals surface area contributed by atoms with Gasteiger partial charge in [0.25, 0.3) is 5.69 Å². The molecule has 2 aromatic rings. The molecule has 0 aliphatic heterocycles. The first-order valence-electron chi connectivity index (χ1n) is 4.28. The Morgan fingerprint density at radius 3 is 2.87 bits per heavy atom. The van der Waals surface area contributed by atoms with Crippen LogP contribution in [0.15, 0.2) is 23.4 Å². The Kier molecular flexibility index (Phi) is 2.36. The van der Waals surface area contributed by atoms with Crippen LogP contribution in [-0.2, 0) is 7.05 Å². The first kappa shape index (κ1) is 9.97. The van der Waals surface area contributed by atoms with E-state index in [1.165, 1.54) is 17.8 Å². The summed E-state index contributed by atoms with van der Waals surface area (Å²) in [4.78, 5) is 14.5. The van der Waals surface area contributed by atoms with Crippen molar-refractivity contribution in [1.82, 2.24) is 9.55 Å². The van der Waals surface area contributed by atoms with Gasteiger partial charge in [-0.05, 0) is 12.3 Å². The number of hydrogen-bond acceptors (Lipinski definition) is 4. The van der Waals surface area contributed by atoms with Gasteiger partial charge in [-0.3, -0.25) is 10.1 Å². The van der Waals surface area contributed by atoms with Gasteiger partial charge in [0.2, 0.25) is 0 Å². The van der Waals surface area contributed by atoms with Gasteiger partial charge in [-0.25, -0.2) is 4.98 Å². The molecule has 0 aliphatic carbocycles. The molecule has 78 valence electrons. The average molecular weight is 223 g/mol. The molecule has 1 heterocycles. The van der Waals surface area contributed by atoms with Gasteiger partial charge in [0.05, 0.1) is 16.0 Å². The Bertz CT molecular complexity index is 535. The second-order valence-electron chi connectivity index (χ2n) is 3.09. The van der Waals surface area contributed by atoms with Crippen molar-refractivity contribution < 1.29 is 4.92 Å². The molecule has 6 heteroatoms. The van der Waals surface area contributed by atoms with E-state index in [1.54, 1.807) is 12.1 Å². The van der Waals surface area contributed by atoms with Gasteiger partial charge in [-0.15, -0.1) is 0 Å². The number of fused-ring (bicyclic) bond motifs is 1. The predicted molar refractivity (Wildman–Crippen MR) is 59.1 cm³/mol. The summed E-state index contributed by atoms with van der Waals surface area (Å²) in [6.07, 6.45) is 1.93. The van der Waals surface area contributed by atoms with E-state index in [-0.39, 0.29) is 5.69 Å². The van der Waals surface area contributed by atoms with Gasteiger partial charge in [0.1, 0.15) is 0 Å². The minimum atomic E-state index is -0.398. The van der Waals surface area contributed by atoms with Crippen LogP contribution >= 0.6 is 11.8 Å². The summed E-state index contributed by atoms with van der Waals surface area (Å²) in [7, 11) is 1.85. The first-order chi connectivity index (χ1) is 7.13. The summed E-state index contributed by atoms with van der Waals surface area (Å²) in [5.41, 5.74) is 1.67. The Morgan fingerprint density at radius 2 is 2.27 bits per heavy atom. The van der Waals surface area contributed by atoms with Crippen LogP contribution in [0.3, 0.4) is 0 Å². The van der Waals surface area contributed by atoms with Crippen LogP contribution in [0.1, 0.15) is 0 Å². The molecular formula is C9H9N3O2S. The molecule has 0 unspecified atom stereocenters. The highest BCUT2D eigenvalue weighted by Crippen LogP contribution is 2.24. The minimum Gasteiger partial charge on any atom is -0.322 e. The molecule has 1 aromatic carbocycles. The highest BCUT2D eigenvalue weighted by Gasteiger charge is 2.11. The number of thioether (sulfide) groups is 1. The Hall–Kier alpha value is -1.56. The van der Waals surface area contributed by atoms with Crippen molar-refractivity contribution in [1.29, 1.82) is 0 Å². The molecule has 1 aromatic heterocycles. The van der Waals surface area contributed by atoms with Crippen molar-refractivity contribution in [3.63, 3.8) is 0 Å². The summed E-state index contributed by atoms with van der Waals surface area (Å²) in [6.45, 7) is 0. The van der Waals surface area contributed by atoms with Gasteiger partial charge in [0, 0.05) is 19.2 Å². The first-order valence-corrected chi connectivity index (χ1v) is 5.51. The third-order valence-corrected chi connectivity index (χ3v) is 2.95. The highest BCUT2D eigenvalue weighted by molar-refractivity contribution is 7.98. The number of nitrogens with zero attached hydrogens (tertiary/aromatic N) is 3. The van der Waals surface area contributed by atoms with Crippen molar-refractivity contribution in [3.8, 4) is 0 Å². The van der Waals surface area contributed by atoms with Crippen LogP contribution in [0.4, 0.5) is 5.69 Å². The van der Waals surface area contributed by atoms with E-state index in [4.69, 9.17) is 0 Å². The third kappa shape index (κ3) is 1.56. The predicted octanol–water partition coefficient (Wildman–Crippen LogP) is 2.20. The van der Waals surface area contributed by atoms with Gasteiger partial charge in [-0.1, -0.05) is 11.8 Å². The van der Waals surface area contributed by atoms with Crippen molar-refractivity contribution in [2.45, 2.75) is 5.16 Å². The fraction of sp³-hybridized carbons (Fsp3) is 0.222. The zero-order chi connectivity index (χ0) is 11.0. The topological polar surface area (TPSA) is 61.0 Å². The fourth-order valence-corrected chi connectivity index (χ4v) is 2.01. The number of nitro benzene ring substituents is 1. The maximum absolute atomic E-state index is 10.6. The number of rotatable bonds is 2. The molecule has 0 spiro atoms. The summed E-state index contributed by atoms with van der Waals surface area (Å²) in [6, 6.07) is 4.69. The minimum absolute atomic E-state index is 0.0955. The summed E-state index contributed by atoms with van der Waals surface area (Å²) in [5, 5.41) is 11.5. The van der Waals surface area contributed by atoms with E-state index in [9.17, 15) is 10.1 Å². The van der Waals surface area contributed by atoms with Gasteiger partial charge in [0.15, 0.2) is 5.16 Å². The molecule has 0 saturated carbocycles. The molecular weight excluding hydrogens is 214 g/mol. The quantitative estimate of drug-likeness (QED) is 0.445. The molecule has 0 saturated heterocycles. The van der Waals surface area contributed by atoms with Crippen molar-refractivity contribution in [3.05, 3.63) is 28.3 Å². The maximum atomic E-state index is 10.6. The Balaban J connectivity index is 2.70. The smallest absolute Gasteiger partial charge is 0.271 e. The lowest BCUT2D eigenvalue weighted by atomic mass is 10.3. The molecule has 0 aliphatic rings. The van der Waals surface area contributed by atoms with Gasteiger partial charge in [-0.2, -0.15) is 0 Å². The van der Waals surface area contributed by atoms with E-state index in [2.05, 4.69) is 4.98 Å². The fourth-order valence-electron chi connectivity index (χ4n) is 1.45. The lowest BCUT2D eigenvalue weighted by Crippen LogP contribution is -1.91. The van der Waals surface area contributed by atoms with Crippen LogP contribution in [0.25, 0.3) is 11.0 Å². The van der Waals surface area contributed by atoms with Gasteiger partial charge < -0.3 is 4.57 Å². The summed E-state index contributed by atoms with van der Waals surface area (Å²) < 4.78 is 1.85. The molecule has 2 rings (SSSR count). The molecule has 0 radical (unpaired) electrons. The number of aromatic nitrogens is 2. The van der Waals surface area contributed by atoms with Crippen molar-refractivity contribution >= 4 is 28.5 Å². The van der Waals surface area contributed by atoms with Crippen molar-refractivity contribution in [2.75, 3.05) is 6.26 Å². The Labute approximate surface area is 90.3 Å². The van der Waals surface area contributed by atoms with E-state index in [0.717, 1.165) is 16.2 Å². The number of aryl methyl sites for hydroxylation is 1. The molecule has 0 fully saturated rings. The molecule has 15 heavy (non-hydrogen) atoms. The van der Waals surface area contributed by atoms with Crippen LogP contribution in [-0.4, -0.2) is 20.7 Å². The monoisotopic (exact) mass is 223 g/mol. The number of hydrogen-bond donors (Lipinski definition) is 0. The normalized spacial score (nSPS) is 10.8. The second kappa shape index (κ2) is 3.54. The van der Waals surface area contributed by atoms with E-state index >= 15 is 0 Å². The zero-order valence-electron chi connectivity index (χ0n) is 8.30. The standard InChI is InChI=1S/C9H9N3O2S/c1-11-8-5-6(12(13)14)3-4-7(8)10-9(11)15-2/h3-5H,1-2H3. The molecule has 0 atom stereocenters. The number of non-ortho nitro benzene ring substituents is 1. The average Bonchev–Trinajstić information content (AvgIpc) is 2.55. The summed E-state index contributed by atoms with van der Waals surface area (Å²) in [5.74, 6) is 0. The highest BCUT2D eigenvalue weighted by atomic mass is 32.2. The molecule has 0 bridgehead atoms. The largest absolute Gasteiger partial charge is 0.322 e. The molecule has 0 amide bonds. The van der Waals surface area contributed by atoms with Crippen LogP contribution in [0, 0.1) is 10.1 Å². The van der Waals surface area contributed by atoms with Crippen molar-refractivity contribution in [2.24, 2.45) is 7.05 Å². The molecule has 5 nitrogen and oxygen atoms in total. The number of imidazole rings is 1. The van der Waals surface area contributed by atoms with Gasteiger partial charge >= 0.3 is 0 Å². The van der Waals surface area contributed by atoms with E-state index in [0.29, 0.717) is 0 Å². The van der Waals surface area contributed by atoms with Crippen LogP contribution < -0.4 is 0 Å². The molecule has 0 N–H and O–H groups in total.